The maximum Gasteiger partial charge on any atom is 0.416 e. The first-order chi connectivity index (χ1) is 16.0. The molecule has 11 heteroatoms. The van der Waals surface area contributed by atoms with Gasteiger partial charge < -0.3 is 9.88 Å². The van der Waals surface area contributed by atoms with E-state index in [9.17, 15) is 35.9 Å². The number of amides is 1. The molecular formula is C24H19ClF6N2O2. The van der Waals surface area contributed by atoms with Gasteiger partial charge >= 0.3 is 12.4 Å². The van der Waals surface area contributed by atoms with Crippen LogP contribution >= 0.6 is 11.6 Å². The Morgan fingerprint density at radius 1 is 0.857 bits per heavy atom. The molecule has 0 aliphatic heterocycles. The maximum atomic E-state index is 13.5. The minimum Gasteiger partial charge on any atom is -0.327 e. The van der Waals surface area contributed by atoms with Crippen molar-refractivity contribution in [2.75, 3.05) is 11.9 Å². The van der Waals surface area contributed by atoms with Gasteiger partial charge in [-0.3, -0.25) is 9.59 Å². The van der Waals surface area contributed by atoms with E-state index < -0.39 is 45.9 Å². The zero-order chi connectivity index (χ0) is 26.3. The summed E-state index contributed by atoms with van der Waals surface area (Å²) in [4.78, 5) is 28.9. The number of H-pyrrole nitrogens is 1. The van der Waals surface area contributed by atoms with Crippen LogP contribution < -0.4 is 10.5 Å². The van der Waals surface area contributed by atoms with Crippen molar-refractivity contribution in [3.05, 3.63) is 86.8 Å². The number of hydrogen-bond donors (Lipinski definition) is 1. The molecule has 1 N–H and O–H groups in total. The van der Waals surface area contributed by atoms with Crippen molar-refractivity contribution in [2.24, 2.45) is 0 Å². The molecule has 0 saturated heterocycles. The zero-order valence-corrected chi connectivity index (χ0v) is 19.4. The minimum atomic E-state index is -5.06. The Hall–Kier alpha value is -3.27. The van der Waals surface area contributed by atoms with Crippen LogP contribution in [0.4, 0.5) is 32.0 Å². The van der Waals surface area contributed by atoms with Crippen molar-refractivity contribution in [3.8, 4) is 11.1 Å². The van der Waals surface area contributed by atoms with E-state index in [1.807, 2.05) is 0 Å². The lowest BCUT2D eigenvalue weighted by Crippen LogP contribution is -2.42. The first-order valence-electron chi connectivity index (χ1n) is 10.1. The molecule has 35 heavy (non-hydrogen) atoms. The quantitative estimate of drug-likeness (QED) is 0.394. The average molecular weight is 517 g/mol. The number of nitrogens with zero attached hydrogens (tertiary/aromatic N) is 1. The molecular weight excluding hydrogens is 498 g/mol. The Balaban J connectivity index is 2.14. The molecule has 0 atom stereocenters. The summed E-state index contributed by atoms with van der Waals surface area (Å²) in [6, 6.07) is 8.74. The number of benzene rings is 2. The second-order valence-corrected chi connectivity index (χ2v) is 8.77. The van der Waals surface area contributed by atoms with E-state index in [-0.39, 0.29) is 22.3 Å². The summed E-state index contributed by atoms with van der Waals surface area (Å²) in [6.45, 7) is 2.45. The molecule has 1 heterocycles. The van der Waals surface area contributed by atoms with Gasteiger partial charge in [-0.2, -0.15) is 26.3 Å². The summed E-state index contributed by atoms with van der Waals surface area (Å²) < 4.78 is 80.1. The van der Waals surface area contributed by atoms with Crippen molar-refractivity contribution >= 4 is 23.2 Å². The number of pyridine rings is 1. The largest absolute Gasteiger partial charge is 0.416 e. The van der Waals surface area contributed by atoms with Crippen molar-refractivity contribution in [1.29, 1.82) is 0 Å². The van der Waals surface area contributed by atoms with Gasteiger partial charge in [-0.15, -0.1) is 0 Å². The molecule has 0 unspecified atom stereocenters. The highest BCUT2D eigenvalue weighted by Gasteiger charge is 2.41. The smallest absolute Gasteiger partial charge is 0.327 e. The topological polar surface area (TPSA) is 53.2 Å². The minimum absolute atomic E-state index is 0.00517. The standard InChI is InChI=1S/C24H19ClF6N2O2/c1-22(2,13-8-14(23(26,27)28)10-15(9-13)24(29,30)31)21(35)33(3)19-12-32-20(34)11-17(19)16-6-4-5-7-18(16)25/h4-12H,1-3H3,(H,32,34). The number of hydrogen-bond acceptors (Lipinski definition) is 2. The molecule has 0 bridgehead atoms. The molecule has 3 rings (SSSR count). The predicted octanol–water partition coefficient (Wildman–Crippen LogP) is 6.67. The highest BCUT2D eigenvalue weighted by atomic mass is 35.5. The molecule has 0 spiro atoms. The molecule has 4 nitrogen and oxygen atoms in total. The molecule has 186 valence electrons. The van der Waals surface area contributed by atoms with Gasteiger partial charge in [0.1, 0.15) is 0 Å². The first kappa shape index (κ1) is 26.3. The van der Waals surface area contributed by atoms with Crippen LogP contribution in [-0.2, 0) is 22.6 Å². The number of carbonyl (C=O) groups is 1. The molecule has 0 aliphatic rings. The number of carbonyl (C=O) groups excluding carboxylic acids is 1. The second-order valence-electron chi connectivity index (χ2n) is 8.36. The van der Waals surface area contributed by atoms with Crippen LogP contribution in [0.2, 0.25) is 5.02 Å². The Morgan fingerprint density at radius 2 is 1.37 bits per heavy atom. The maximum absolute atomic E-state index is 13.5. The Morgan fingerprint density at radius 3 is 1.89 bits per heavy atom. The fourth-order valence-corrected chi connectivity index (χ4v) is 3.84. The molecule has 2 aromatic carbocycles. The Bertz CT molecular complexity index is 1300. The Kier molecular flexibility index (Phi) is 6.82. The van der Waals surface area contributed by atoms with Crippen LogP contribution in [0.5, 0.6) is 0 Å². The lowest BCUT2D eigenvalue weighted by molar-refractivity contribution is -0.143. The highest BCUT2D eigenvalue weighted by Crippen LogP contribution is 2.40. The van der Waals surface area contributed by atoms with Crippen LogP contribution in [0.25, 0.3) is 11.1 Å². The van der Waals surface area contributed by atoms with E-state index in [1.54, 1.807) is 24.3 Å². The molecule has 3 aromatic rings. The van der Waals surface area contributed by atoms with Gasteiger partial charge in [-0.1, -0.05) is 29.8 Å². The van der Waals surface area contributed by atoms with E-state index in [0.717, 1.165) is 4.90 Å². The van der Waals surface area contributed by atoms with Crippen LogP contribution in [0, 0.1) is 0 Å². The first-order valence-corrected chi connectivity index (χ1v) is 10.5. The number of likely N-dealkylation sites (N-methyl/N-ethyl adjacent to an activating group) is 1. The van der Waals surface area contributed by atoms with Gasteiger partial charge in [0.25, 0.3) is 0 Å². The summed E-state index contributed by atoms with van der Waals surface area (Å²) in [7, 11) is 1.30. The molecule has 0 fully saturated rings. The summed E-state index contributed by atoms with van der Waals surface area (Å²) in [5.41, 5.74) is -5.02. The van der Waals surface area contributed by atoms with Gasteiger partial charge in [0.2, 0.25) is 11.5 Å². The molecule has 0 radical (unpaired) electrons. The van der Waals surface area contributed by atoms with Crippen molar-refractivity contribution in [3.63, 3.8) is 0 Å². The number of halogens is 7. The van der Waals surface area contributed by atoms with E-state index in [0.29, 0.717) is 17.7 Å². The third kappa shape index (κ3) is 5.37. The van der Waals surface area contributed by atoms with Gasteiger partial charge in [-0.25, -0.2) is 0 Å². The van der Waals surface area contributed by atoms with Crippen molar-refractivity contribution in [2.45, 2.75) is 31.6 Å². The average Bonchev–Trinajstić information content (AvgIpc) is 2.77. The summed E-state index contributed by atoms with van der Waals surface area (Å²) in [6.07, 6.45) is -8.89. The summed E-state index contributed by atoms with van der Waals surface area (Å²) >= 11 is 6.24. The van der Waals surface area contributed by atoms with Gasteiger partial charge in [-0.05, 0) is 43.7 Å². The molecule has 1 aromatic heterocycles. The molecule has 1 amide bonds. The fraction of sp³-hybridized carbons (Fsp3) is 0.250. The van der Waals surface area contributed by atoms with Crippen LogP contribution in [-0.4, -0.2) is 17.9 Å². The summed E-state index contributed by atoms with van der Waals surface area (Å²) in [5.74, 6) is -0.815. The van der Waals surface area contributed by atoms with Gasteiger partial charge in [0.05, 0.1) is 22.2 Å². The van der Waals surface area contributed by atoms with E-state index in [1.165, 1.54) is 33.2 Å². The number of alkyl halides is 6. The van der Waals surface area contributed by atoms with Crippen molar-refractivity contribution < 1.29 is 31.1 Å². The molecule has 0 saturated carbocycles. The third-order valence-electron chi connectivity index (χ3n) is 5.58. The number of aromatic nitrogens is 1. The predicted molar refractivity (Wildman–Crippen MR) is 120 cm³/mol. The number of aromatic amines is 1. The van der Waals surface area contributed by atoms with Gasteiger partial charge in [0.15, 0.2) is 0 Å². The Labute approximate surface area is 201 Å². The highest BCUT2D eigenvalue weighted by molar-refractivity contribution is 6.33. The third-order valence-corrected chi connectivity index (χ3v) is 5.91. The normalized spacial score (nSPS) is 12.5. The number of nitrogens with one attached hydrogen (secondary N) is 1. The van der Waals surface area contributed by atoms with Gasteiger partial charge in [0, 0.05) is 35.5 Å². The van der Waals surface area contributed by atoms with Crippen molar-refractivity contribution in [1.82, 2.24) is 4.98 Å². The van der Waals surface area contributed by atoms with Crippen LogP contribution in [0.1, 0.15) is 30.5 Å². The second kappa shape index (κ2) is 9.07. The van der Waals surface area contributed by atoms with Crippen LogP contribution in [0.15, 0.2) is 59.5 Å². The lowest BCUT2D eigenvalue weighted by Gasteiger charge is -2.32. The lowest BCUT2D eigenvalue weighted by atomic mass is 9.81. The number of anilines is 1. The van der Waals surface area contributed by atoms with Crippen LogP contribution in [0.3, 0.4) is 0 Å². The van der Waals surface area contributed by atoms with E-state index >= 15 is 0 Å². The fourth-order valence-electron chi connectivity index (χ4n) is 3.60. The zero-order valence-electron chi connectivity index (χ0n) is 18.6. The summed E-state index contributed by atoms with van der Waals surface area (Å²) in [5, 5.41) is 0.271. The van der Waals surface area contributed by atoms with E-state index in [2.05, 4.69) is 4.98 Å². The number of rotatable bonds is 4. The SMILES string of the molecule is CN(C(=O)C(C)(C)c1cc(C(F)(F)F)cc(C(F)(F)F)c1)c1c[nH]c(=O)cc1-c1ccccc1Cl. The monoisotopic (exact) mass is 516 g/mol. The molecule has 0 aliphatic carbocycles. The van der Waals surface area contributed by atoms with E-state index in [4.69, 9.17) is 11.6 Å².